The predicted molar refractivity (Wildman–Crippen MR) is 126 cm³/mol. The molecule has 3 aromatic rings. The SMILES string of the molecule is COc1cc(-c2ccc(C(=O)C(OC)c3ccc(N4CCOCC4)nc3)o2)cc(OC)c1Br. The highest BCUT2D eigenvalue weighted by molar-refractivity contribution is 9.10. The first-order valence-corrected chi connectivity index (χ1v) is 11.2. The molecular formula is C24H25BrN2O6. The highest BCUT2D eigenvalue weighted by Crippen LogP contribution is 2.39. The predicted octanol–water partition coefficient (Wildman–Crippen LogP) is 4.53. The summed E-state index contributed by atoms with van der Waals surface area (Å²) in [4.78, 5) is 19.8. The maximum atomic E-state index is 13.2. The summed E-state index contributed by atoms with van der Waals surface area (Å²) in [5.74, 6) is 2.45. The molecular weight excluding hydrogens is 492 g/mol. The zero-order valence-electron chi connectivity index (χ0n) is 18.7. The molecule has 0 aliphatic carbocycles. The summed E-state index contributed by atoms with van der Waals surface area (Å²) in [6.45, 7) is 2.94. The third-order valence-electron chi connectivity index (χ3n) is 5.46. The van der Waals surface area contributed by atoms with Gasteiger partial charge in [0, 0.05) is 37.5 Å². The lowest BCUT2D eigenvalue weighted by Gasteiger charge is -2.28. The Labute approximate surface area is 200 Å². The number of nitrogens with zero attached hydrogens (tertiary/aromatic N) is 2. The van der Waals surface area contributed by atoms with Gasteiger partial charge in [-0.15, -0.1) is 0 Å². The van der Waals surface area contributed by atoms with Crippen molar-refractivity contribution in [3.05, 3.63) is 58.4 Å². The van der Waals surface area contributed by atoms with Crippen molar-refractivity contribution in [3.8, 4) is 22.8 Å². The smallest absolute Gasteiger partial charge is 0.231 e. The van der Waals surface area contributed by atoms with Crippen LogP contribution in [0.1, 0.15) is 22.2 Å². The molecule has 1 aliphatic heterocycles. The molecule has 0 amide bonds. The van der Waals surface area contributed by atoms with Crippen molar-refractivity contribution >= 4 is 27.5 Å². The summed E-state index contributed by atoms with van der Waals surface area (Å²) < 4.78 is 28.3. The first-order chi connectivity index (χ1) is 16.0. The van der Waals surface area contributed by atoms with Crippen molar-refractivity contribution in [1.82, 2.24) is 4.98 Å². The second kappa shape index (κ2) is 10.4. The lowest BCUT2D eigenvalue weighted by atomic mass is 10.1. The van der Waals surface area contributed by atoms with Crippen LogP contribution in [0.25, 0.3) is 11.3 Å². The van der Waals surface area contributed by atoms with Gasteiger partial charge in [-0.2, -0.15) is 0 Å². The quantitative estimate of drug-likeness (QED) is 0.404. The van der Waals surface area contributed by atoms with Gasteiger partial charge in [0.2, 0.25) is 5.78 Å². The number of carbonyl (C=O) groups excluding carboxylic acids is 1. The molecule has 8 nitrogen and oxygen atoms in total. The molecule has 0 radical (unpaired) electrons. The minimum Gasteiger partial charge on any atom is -0.495 e. The Morgan fingerprint density at radius 3 is 2.33 bits per heavy atom. The first-order valence-electron chi connectivity index (χ1n) is 10.4. The highest BCUT2D eigenvalue weighted by atomic mass is 79.9. The summed E-state index contributed by atoms with van der Waals surface area (Å²) in [7, 11) is 4.64. The van der Waals surface area contributed by atoms with E-state index in [9.17, 15) is 4.79 Å². The molecule has 33 heavy (non-hydrogen) atoms. The number of hydrogen-bond acceptors (Lipinski definition) is 8. The number of aromatic nitrogens is 1. The Hall–Kier alpha value is -2.88. The molecule has 3 heterocycles. The van der Waals surface area contributed by atoms with Crippen LogP contribution in [-0.4, -0.2) is 58.4 Å². The molecule has 2 aromatic heterocycles. The lowest BCUT2D eigenvalue weighted by molar-refractivity contribution is 0.0576. The van der Waals surface area contributed by atoms with E-state index >= 15 is 0 Å². The standard InChI is InChI=1S/C24H25BrN2O6/c1-29-19-12-16(13-20(30-2)22(19)25)17-5-6-18(33-17)23(28)24(31-3)15-4-7-21(26-14-15)27-8-10-32-11-9-27/h4-7,12-14,24H,8-11H2,1-3H3. The van der Waals surface area contributed by atoms with E-state index in [-0.39, 0.29) is 11.5 Å². The topological polar surface area (TPSA) is 83.3 Å². The Balaban J connectivity index is 1.55. The normalized spacial score (nSPS) is 14.7. The fraction of sp³-hybridized carbons (Fsp3) is 0.333. The Kier molecular flexibility index (Phi) is 7.32. The number of ketones is 1. The maximum absolute atomic E-state index is 13.2. The molecule has 1 aromatic carbocycles. The van der Waals surface area contributed by atoms with Crippen LogP contribution >= 0.6 is 15.9 Å². The van der Waals surface area contributed by atoms with E-state index in [1.54, 1.807) is 32.5 Å². The Morgan fingerprint density at radius 2 is 1.76 bits per heavy atom. The van der Waals surface area contributed by atoms with Crippen molar-refractivity contribution in [2.75, 3.05) is 52.5 Å². The van der Waals surface area contributed by atoms with E-state index in [1.165, 1.54) is 7.11 Å². The fourth-order valence-corrected chi connectivity index (χ4v) is 4.25. The van der Waals surface area contributed by atoms with Crippen LogP contribution in [0.3, 0.4) is 0 Å². The average Bonchev–Trinajstić information content (AvgIpc) is 3.36. The van der Waals surface area contributed by atoms with E-state index in [0.29, 0.717) is 40.5 Å². The number of furan rings is 1. The van der Waals surface area contributed by atoms with Crippen molar-refractivity contribution in [2.24, 2.45) is 0 Å². The number of methoxy groups -OCH3 is 3. The molecule has 1 saturated heterocycles. The van der Waals surface area contributed by atoms with E-state index < -0.39 is 6.10 Å². The minimum absolute atomic E-state index is 0.190. The third kappa shape index (κ3) is 4.90. The van der Waals surface area contributed by atoms with Gasteiger partial charge in [0.15, 0.2) is 5.76 Å². The molecule has 4 rings (SSSR count). The van der Waals surface area contributed by atoms with Crippen LogP contribution in [0.5, 0.6) is 11.5 Å². The van der Waals surface area contributed by atoms with Crippen LogP contribution in [0.4, 0.5) is 5.82 Å². The summed E-state index contributed by atoms with van der Waals surface area (Å²) in [6, 6.07) is 10.7. The molecule has 174 valence electrons. The number of benzene rings is 1. The van der Waals surface area contributed by atoms with Gasteiger partial charge in [-0.3, -0.25) is 4.79 Å². The highest BCUT2D eigenvalue weighted by Gasteiger charge is 2.26. The number of hydrogen-bond donors (Lipinski definition) is 0. The molecule has 1 fully saturated rings. The third-order valence-corrected chi connectivity index (χ3v) is 6.24. The number of ether oxygens (including phenoxy) is 4. The molecule has 0 spiro atoms. The summed E-state index contributed by atoms with van der Waals surface area (Å²) >= 11 is 3.45. The largest absolute Gasteiger partial charge is 0.495 e. The van der Waals surface area contributed by atoms with Gasteiger partial charge in [0.1, 0.15) is 33.7 Å². The van der Waals surface area contributed by atoms with Crippen LogP contribution in [-0.2, 0) is 9.47 Å². The van der Waals surface area contributed by atoms with E-state index in [2.05, 4.69) is 25.8 Å². The Bertz CT molecular complexity index is 1080. The summed E-state index contributed by atoms with van der Waals surface area (Å²) in [5, 5.41) is 0. The first kappa shape index (κ1) is 23.3. The maximum Gasteiger partial charge on any atom is 0.231 e. The van der Waals surface area contributed by atoms with Crippen molar-refractivity contribution in [2.45, 2.75) is 6.10 Å². The van der Waals surface area contributed by atoms with Gasteiger partial charge in [0.05, 0.1) is 27.4 Å². The zero-order valence-corrected chi connectivity index (χ0v) is 20.3. The molecule has 0 saturated carbocycles. The molecule has 1 aliphatic rings. The van der Waals surface area contributed by atoms with E-state index in [0.717, 1.165) is 24.5 Å². The Morgan fingerprint density at radius 1 is 1.06 bits per heavy atom. The van der Waals surface area contributed by atoms with Crippen LogP contribution < -0.4 is 14.4 Å². The summed E-state index contributed by atoms with van der Waals surface area (Å²) in [6.07, 6.45) is 0.842. The average molecular weight is 517 g/mol. The van der Waals surface area contributed by atoms with Crippen molar-refractivity contribution < 1.29 is 28.2 Å². The molecule has 1 atom stereocenters. The molecule has 9 heteroatoms. The number of halogens is 1. The van der Waals surface area contributed by atoms with Gasteiger partial charge in [-0.1, -0.05) is 6.07 Å². The van der Waals surface area contributed by atoms with E-state index in [4.69, 9.17) is 23.4 Å². The molecule has 1 unspecified atom stereocenters. The van der Waals surface area contributed by atoms with Crippen LogP contribution in [0, 0.1) is 0 Å². The number of morpholine rings is 1. The monoisotopic (exact) mass is 516 g/mol. The van der Waals surface area contributed by atoms with E-state index in [1.807, 2.05) is 24.3 Å². The number of anilines is 1. The second-order valence-electron chi connectivity index (χ2n) is 7.39. The number of Topliss-reactive ketones (excluding diaryl/α,β-unsaturated/α-hetero) is 1. The fourth-order valence-electron chi connectivity index (χ4n) is 3.69. The van der Waals surface area contributed by atoms with Gasteiger partial charge in [0.25, 0.3) is 0 Å². The summed E-state index contributed by atoms with van der Waals surface area (Å²) in [5.41, 5.74) is 1.38. The van der Waals surface area contributed by atoms with Crippen LogP contribution in [0.15, 0.2) is 51.5 Å². The van der Waals surface area contributed by atoms with Crippen LogP contribution in [0.2, 0.25) is 0 Å². The van der Waals surface area contributed by atoms with Gasteiger partial charge in [-0.05, 0) is 46.3 Å². The number of pyridine rings is 1. The van der Waals surface area contributed by atoms with Gasteiger partial charge < -0.3 is 28.3 Å². The zero-order chi connectivity index (χ0) is 23.4. The van der Waals surface area contributed by atoms with Gasteiger partial charge >= 0.3 is 0 Å². The number of rotatable bonds is 8. The molecule has 0 bridgehead atoms. The van der Waals surface area contributed by atoms with Crippen molar-refractivity contribution in [3.63, 3.8) is 0 Å². The van der Waals surface area contributed by atoms with Gasteiger partial charge in [-0.25, -0.2) is 4.98 Å². The second-order valence-corrected chi connectivity index (χ2v) is 8.18. The number of carbonyl (C=O) groups is 1. The van der Waals surface area contributed by atoms with Crippen molar-refractivity contribution in [1.29, 1.82) is 0 Å². The lowest BCUT2D eigenvalue weighted by Crippen LogP contribution is -2.36. The molecule has 0 N–H and O–H groups in total. The minimum atomic E-state index is -0.829.